The lowest BCUT2D eigenvalue weighted by Gasteiger charge is -2.41. The summed E-state index contributed by atoms with van der Waals surface area (Å²) in [6.45, 7) is 12.4. The van der Waals surface area contributed by atoms with E-state index in [1.165, 1.54) is 20.4 Å². The number of benzene rings is 2. The topological polar surface area (TPSA) is 79.6 Å². The molecule has 8 nitrogen and oxygen atoms in total. The second kappa shape index (κ2) is 11.4. The average Bonchev–Trinajstić information content (AvgIpc) is 2.87. The Bertz CT molecular complexity index is 1360. The molecule has 0 saturated carbocycles. The zero-order chi connectivity index (χ0) is 25.7. The van der Waals surface area contributed by atoms with E-state index in [1.807, 2.05) is 0 Å². The fourth-order valence-corrected chi connectivity index (χ4v) is 4.99. The lowest BCUT2D eigenvalue weighted by molar-refractivity contribution is -0.121. The van der Waals surface area contributed by atoms with E-state index >= 15 is 0 Å². The van der Waals surface area contributed by atoms with Crippen molar-refractivity contribution in [1.29, 1.82) is 0 Å². The first-order valence-corrected chi connectivity index (χ1v) is 12.5. The summed E-state index contributed by atoms with van der Waals surface area (Å²) in [5.41, 5.74) is 2.35. The van der Waals surface area contributed by atoms with E-state index in [0.29, 0.717) is 23.6 Å². The van der Waals surface area contributed by atoms with Crippen molar-refractivity contribution >= 4 is 22.6 Å². The van der Waals surface area contributed by atoms with Gasteiger partial charge in [0.15, 0.2) is 0 Å². The van der Waals surface area contributed by atoms with Crippen molar-refractivity contribution in [3.8, 4) is 0 Å². The van der Waals surface area contributed by atoms with Gasteiger partial charge in [0.25, 0.3) is 0 Å². The molecular weight excluding hydrogens is 454 g/mol. The average molecular weight is 490 g/mol. The maximum Gasteiger partial charge on any atom is 0.317 e. The minimum atomic E-state index is -0.703. The Balaban J connectivity index is 1.30. The maximum absolute atomic E-state index is 12.7. The van der Waals surface area contributed by atoms with Crippen LogP contribution in [0.5, 0.6) is 0 Å². The molecule has 0 radical (unpaired) electrons. The van der Waals surface area contributed by atoms with Crippen LogP contribution >= 0.6 is 0 Å². The molecule has 1 fully saturated rings. The minimum absolute atomic E-state index is 0.185. The maximum atomic E-state index is 12.7. The Morgan fingerprint density at radius 2 is 1.78 bits per heavy atom. The van der Waals surface area contributed by atoms with Crippen LogP contribution in [-0.2, 0) is 17.9 Å². The van der Waals surface area contributed by atoms with Gasteiger partial charge in [0.1, 0.15) is 6.54 Å². The van der Waals surface area contributed by atoms with Crippen LogP contribution in [0, 0.1) is 6.92 Å². The standard InChI is InChI=1S/C28H35N5O3/c1-4-14-32-24-11-5-6-12-25(24)33(28(36)27(32)35)20-26(34)29-13-8-15-30-16-17-31(22(3)19-30)23-10-7-9-21(2)18-23/h4-7,9-12,18,22H,1,8,13-17,19-20H2,2-3H3,(H,29,34). The molecule has 1 N–H and O–H groups in total. The van der Waals surface area contributed by atoms with E-state index in [2.05, 4.69) is 59.8 Å². The first kappa shape index (κ1) is 25.4. The van der Waals surface area contributed by atoms with Gasteiger partial charge < -0.3 is 10.2 Å². The molecule has 1 aliphatic rings. The van der Waals surface area contributed by atoms with Crippen LogP contribution in [0.2, 0.25) is 0 Å². The summed E-state index contributed by atoms with van der Waals surface area (Å²) in [6.07, 6.45) is 2.40. The van der Waals surface area contributed by atoms with Crippen molar-refractivity contribution in [2.75, 3.05) is 37.6 Å². The number of fused-ring (bicyclic) bond motifs is 1. The van der Waals surface area contributed by atoms with Crippen LogP contribution in [0.25, 0.3) is 11.0 Å². The summed E-state index contributed by atoms with van der Waals surface area (Å²) in [6, 6.07) is 16.2. The summed E-state index contributed by atoms with van der Waals surface area (Å²) in [5.74, 6) is -0.277. The van der Waals surface area contributed by atoms with Gasteiger partial charge in [-0.1, -0.05) is 30.3 Å². The lowest BCUT2D eigenvalue weighted by Crippen LogP contribution is -2.52. The van der Waals surface area contributed by atoms with E-state index in [0.717, 1.165) is 32.6 Å². The van der Waals surface area contributed by atoms with E-state index < -0.39 is 11.1 Å². The molecule has 1 amide bonds. The summed E-state index contributed by atoms with van der Waals surface area (Å²) >= 11 is 0. The summed E-state index contributed by atoms with van der Waals surface area (Å²) in [5, 5.41) is 2.91. The van der Waals surface area contributed by atoms with E-state index in [1.54, 1.807) is 30.3 Å². The number of hydrogen-bond acceptors (Lipinski definition) is 5. The van der Waals surface area contributed by atoms with E-state index in [9.17, 15) is 14.4 Å². The smallest absolute Gasteiger partial charge is 0.317 e. The summed E-state index contributed by atoms with van der Waals surface area (Å²) in [7, 11) is 0. The van der Waals surface area contributed by atoms with Gasteiger partial charge in [0.2, 0.25) is 5.91 Å². The number of allylic oxidation sites excluding steroid dienone is 1. The highest BCUT2D eigenvalue weighted by atomic mass is 16.2. The number of rotatable bonds is 9. The van der Waals surface area contributed by atoms with Crippen LogP contribution in [0.1, 0.15) is 18.9 Å². The number of anilines is 1. The molecule has 0 spiro atoms. The summed E-state index contributed by atoms with van der Waals surface area (Å²) in [4.78, 5) is 42.9. The Morgan fingerprint density at radius 1 is 1.06 bits per heavy atom. The van der Waals surface area contributed by atoms with Gasteiger partial charge >= 0.3 is 11.1 Å². The Hall–Kier alpha value is -3.65. The highest BCUT2D eigenvalue weighted by Crippen LogP contribution is 2.21. The molecule has 1 atom stereocenters. The highest BCUT2D eigenvalue weighted by molar-refractivity contribution is 5.80. The van der Waals surface area contributed by atoms with E-state index in [4.69, 9.17) is 0 Å². The largest absolute Gasteiger partial charge is 0.366 e. The van der Waals surface area contributed by atoms with Crippen LogP contribution in [0.4, 0.5) is 5.69 Å². The molecule has 2 aromatic carbocycles. The van der Waals surface area contributed by atoms with Crippen molar-refractivity contribution < 1.29 is 4.79 Å². The molecule has 2 heterocycles. The molecule has 8 heteroatoms. The lowest BCUT2D eigenvalue weighted by atomic mass is 10.1. The number of nitrogens with one attached hydrogen (secondary N) is 1. The summed E-state index contributed by atoms with van der Waals surface area (Å²) < 4.78 is 2.65. The number of carbonyl (C=O) groups excluding carboxylic acids is 1. The van der Waals surface area contributed by atoms with Crippen LogP contribution in [0.3, 0.4) is 0 Å². The zero-order valence-corrected chi connectivity index (χ0v) is 21.2. The Labute approximate surface area is 211 Å². The van der Waals surface area contributed by atoms with Crippen molar-refractivity contribution in [1.82, 2.24) is 19.4 Å². The molecular formula is C28H35N5O3. The predicted octanol–water partition coefficient (Wildman–Crippen LogP) is 2.37. The highest BCUT2D eigenvalue weighted by Gasteiger charge is 2.23. The molecule has 36 heavy (non-hydrogen) atoms. The van der Waals surface area contributed by atoms with Crippen LogP contribution < -0.4 is 21.3 Å². The van der Waals surface area contributed by atoms with Gasteiger partial charge in [-0.3, -0.25) is 28.4 Å². The van der Waals surface area contributed by atoms with Crippen molar-refractivity contribution in [2.45, 2.75) is 39.4 Å². The van der Waals surface area contributed by atoms with Crippen molar-refractivity contribution in [3.05, 3.63) is 87.5 Å². The van der Waals surface area contributed by atoms with Crippen LogP contribution in [-0.4, -0.2) is 58.7 Å². The quantitative estimate of drug-likeness (QED) is 0.284. The second-order valence-electron chi connectivity index (χ2n) is 9.47. The number of amides is 1. The molecule has 1 unspecified atom stereocenters. The predicted molar refractivity (Wildman–Crippen MR) is 145 cm³/mol. The molecule has 0 aliphatic carbocycles. The monoisotopic (exact) mass is 489 g/mol. The third-order valence-corrected chi connectivity index (χ3v) is 6.77. The number of piperazine rings is 1. The molecule has 190 valence electrons. The Kier molecular flexibility index (Phi) is 8.05. The van der Waals surface area contributed by atoms with Gasteiger partial charge in [-0.2, -0.15) is 0 Å². The minimum Gasteiger partial charge on any atom is -0.366 e. The molecule has 3 aromatic rings. The molecule has 1 aliphatic heterocycles. The number of nitrogens with zero attached hydrogens (tertiary/aromatic N) is 4. The van der Waals surface area contributed by atoms with Gasteiger partial charge in [-0.05, 0) is 56.6 Å². The number of hydrogen-bond donors (Lipinski definition) is 1. The molecule has 1 saturated heterocycles. The number of aryl methyl sites for hydroxylation is 1. The fourth-order valence-electron chi connectivity index (χ4n) is 4.99. The third kappa shape index (κ3) is 5.60. The van der Waals surface area contributed by atoms with Crippen molar-refractivity contribution in [3.63, 3.8) is 0 Å². The first-order chi connectivity index (χ1) is 17.4. The van der Waals surface area contributed by atoms with Crippen LogP contribution in [0.15, 0.2) is 70.8 Å². The number of aromatic nitrogens is 2. The Morgan fingerprint density at radius 3 is 2.47 bits per heavy atom. The first-order valence-electron chi connectivity index (χ1n) is 12.5. The second-order valence-corrected chi connectivity index (χ2v) is 9.47. The van der Waals surface area contributed by atoms with E-state index in [-0.39, 0.29) is 19.0 Å². The third-order valence-electron chi connectivity index (χ3n) is 6.77. The van der Waals surface area contributed by atoms with Gasteiger partial charge in [-0.15, -0.1) is 6.58 Å². The number of carbonyl (C=O) groups is 1. The van der Waals surface area contributed by atoms with Gasteiger partial charge in [0, 0.05) is 44.5 Å². The normalized spacial score (nSPS) is 16.3. The number of para-hydroxylation sites is 2. The fraction of sp³-hybridized carbons (Fsp3) is 0.393. The molecule has 4 rings (SSSR count). The van der Waals surface area contributed by atoms with Crippen molar-refractivity contribution in [2.24, 2.45) is 0 Å². The molecule has 0 bridgehead atoms. The van der Waals surface area contributed by atoms with Gasteiger partial charge in [-0.25, -0.2) is 0 Å². The zero-order valence-electron chi connectivity index (χ0n) is 21.2. The van der Waals surface area contributed by atoms with Gasteiger partial charge in [0.05, 0.1) is 11.0 Å². The molecule has 1 aromatic heterocycles. The SMILES string of the molecule is C=CCn1c(=O)c(=O)n(CC(=O)NCCCN2CCN(c3cccc(C)c3)C(C)C2)c2ccccc21.